The number of aromatic nitrogens is 5. The number of nitrogens with zero attached hydrogens (tertiary/aromatic N) is 5. The first-order valence-corrected chi connectivity index (χ1v) is 13.8. The first-order valence-electron chi connectivity index (χ1n) is 10.4. The van der Waals surface area contributed by atoms with Crippen molar-refractivity contribution in [1.29, 1.82) is 0 Å². The lowest BCUT2D eigenvalue weighted by atomic mass is 10.1. The highest BCUT2D eigenvalue weighted by Crippen LogP contribution is 2.38. The average molecular weight is 419 g/mol. The fourth-order valence-corrected chi connectivity index (χ4v) is 7.61. The van der Waals surface area contributed by atoms with E-state index in [2.05, 4.69) is 40.5 Å². The lowest BCUT2D eigenvalue weighted by Crippen LogP contribution is -2.27. The Kier molecular flexibility index (Phi) is 4.28. The monoisotopic (exact) mass is 418 g/mol. The number of hydrogen-bond donors (Lipinski definition) is 1. The summed E-state index contributed by atoms with van der Waals surface area (Å²) < 4.78 is 3.57. The molecule has 4 heterocycles. The first kappa shape index (κ1) is 19.0. The van der Waals surface area contributed by atoms with Gasteiger partial charge in [-0.1, -0.05) is 12.5 Å². The molecule has 1 atom stereocenters. The lowest BCUT2D eigenvalue weighted by Gasteiger charge is -2.26. The maximum Gasteiger partial charge on any atom is 0.330 e. The maximum atomic E-state index is 13.0. The van der Waals surface area contributed by atoms with Gasteiger partial charge in [-0.3, -0.25) is 14.1 Å². The van der Waals surface area contributed by atoms with Crippen molar-refractivity contribution >= 4 is 41.8 Å². The molecule has 1 fully saturated rings. The zero-order valence-corrected chi connectivity index (χ0v) is 18.8. The van der Waals surface area contributed by atoms with Gasteiger partial charge in [0.2, 0.25) is 5.95 Å². The number of hydrogen-bond acceptors (Lipinski definition) is 5. The summed E-state index contributed by atoms with van der Waals surface area (Å²) in [4.78, 5) is 26.7. The number of fused-ring (bicyclic) bond motifs is 2. The van der Waals surface area contributed by atoms with Gasteiger partial charge < -0.3 is 5.32 Å². The number of pyridine rings is 1. The predicted molar refractivity (Wildman–Crippen MR) is 123 cm³/mol. The summed E-state index contributed by atoms with van der Waals surface area (Å²) >= 11 is 0. The molecule has 4 aromatic rings. The second-order valence-electron chi connectivity index (χ2n) is 9.16. The van der Waals surface area contributed by atoms with Crippen molar-refractivity contribution in [3.05, 3.63) is 52.7 Å². The quantitative estimate of drug-likeness (QED) is 0.500. The Labute approximate surface area is 175 Å². The lowest BCUT2D eigenvalue weighted by molar-refractivity contribution is 0.537. The number of benzene rings is 1. The molecule has 0 saturated carbocycles. The fraction of sp³-hybridized carbons (Fsp3) is 0.364. The summed E-state index contributed by atoms with van der Waals surface area (Å²) in [6.45, 7) is 6.85. The number of anilines is 2. The van der Waals surface area contributed by atoms with Gasteiger partial charge in [-0.05, 0) is 30.7 Å². The van der Waals surface area contributed by atoms with Crippen molar-refractivity contribution < 1.29 is 0 Å². The summed E-state index contributed by atoms with van der Waals surface area (Å²) in [5, 5.41) is 4.41. The fourth-order valence-electron chi connectivity index (χ4n) is 4.62. The average Bonchev–Trinajstić information content (AvgIpc) is 3.18. The van der Waals surface area contributed by atoms with E-state index in [0.29, 0.717) is 5.95 Å². The molecule has 1 aromatic carbocycles. The molecule has 0 aliphatic carbocycles. The van der Waals surface area contributed by atoms with Crippen LogP contribution in [0.4, 0.5) is 11.6 Å². The van der Waals surface area contributed by atoms with Gasteiger partial charge in [-0.15, -0.1) is 14.1 Å². The number of imidazole rings is 1. The first-order chi connectivity index (χ1) is 14.3. The molecule has 1 aliphatic rings. The van der Waals surface area contributed by atoms with E-state index in [1.165, 1.54) is 6.04 Å². The second kappa shape index (κ2) is 6.77. The van der Waals surface area contributed by atoms with Crippen LogP contribution in [0.1, 0.15) is 18.0 Å². The summed E-state index contributed by atoms with van der Waals surface area (Å²) in [5.74, 6) is 0.502. The molecular weight excluding hydrogens is 392 g/mol. The van der Waals surface area contributed by atoms with Crippen LogP contribution in [0.2, 0.25) is 25.2 Å². The molecule has 3 aromatic heterocycles. The third-order valence-corrected chi connectivity index (χ3v) is 9.55. The van der Waals surface area contributed by atoms with Crippen LogP contribution >= 0.6 is 0 Å². The molecular formula is C22H26N6OSi-. The van der Waals surface area contributed by atoms with Crippen molar-refractivity contribution in [2.24, 2.45) is 7.05 Å². The maximum absolute atomic E-state index is 13.0. The van der Waals surface area contributed by atoms with Crippen LogP contribution < -0.4 is 11.0 Å². The van der Waals surface area contributed by atoms with Gasteiger partial charge in [0.1, 0.15) is 5.52 Å². The summed E-state index contributed by atoms with van der Waals surface area (Å²) in [5.41, 5.74) is 4.46. The van der Waals surface area contributed by atoms with Gasteiger partial charge in [-0.25, -0.2) is 9.78 Å². The zero-order valence-electron chi connectivity index (χ0n) is 17.8. The Morgan fingerprint density at radius 2 is 2.07 bits per heavy atom. The second-order valence-corrected chi connectivity index (χ2v) is 14.4. The predicted octanol–water partition coefficient (Wildman–Crippen LogP) is 4.38. The van der Waals surface area contributed by atoms with Crippen LogP contribution in [0, 0.1) is 6.92 Å². The van der Waals surface area contributed by atoms with Crippen molar-refractivity contribution in [3.63, 3.8) is 0 Å². The Hall–Kier alpha value is -3.00. The molecule has 8 heteroatoms. The molecule has 0 spiro atoms. The minimum absolute atomic E-state index is 0.00103. The summed E-state index contributed by atoms with van der Waals surface area (Å²) in [6, 6.07) is 10.7. The zero-order chi connectivity index (χ0) is 21.0. The van der Waals surface area contributed by atoms with Gasteiger partial charge in [0.05, 0.1) is 11.7 Å². The molecule has 155 valence electrons. The summed E-state index contributed by atoms with van der Waals surface area (Å²) in [7, 11) is 0.572. The van der Waals surface area contributed by atoms with Gasteiger partial charge in [-0.2, -0.15) is 24.1 Å². The van der Waals surface area contributed by atoms with E-state index >= 15 is 0 Å². The number of nitrogens with one attached hydrogen (secondary N) is 1. The Morgan fingerprint density at radius 3 is 2.83 bits per heavy atom. The number of rotatable bonds is 3. The third kappa shape index (κ3) is 3.11. The normalized spacial score (nSPS) is 18.3. The minimum atomic E-state index is -1.23. The van der Waals surface area contributed by atoms with E-state index in [1.54, 1.807) is 24.0 Å². The molecule has 7 nitrogen and oxygen atoms in total. The molecule has 30 heavy (non-hydrogen) atoms. The van der Waals surface area contributed by atoms with Crippen molar-refractivity contribution in [2.75, 3.05) is 5.32 Å². The summed E-state index contributed by atoms with van der Waals surface area (Å²) in [6.07, 6.45) is 4.60. The Balaban J connectivity index is 1.58. The minimum Gasteiger partial charge on any atom is -0.324 e. The van der Waals surface area contributed by atoms with E-state index in [1.807, 2.05) is 23.6 Å². The van der Waals surface area contributed by atoms with Gasteiger partial charge in [0, 0.05) is 30.4 Å². The highest BCUT2D eigenvalue weighted by atomic mass is 28.3. The Bertz CT molecular complexity index is 1340. The van der Waals surface area contributed by atoms with Crippen LogP contribution in [0.3, 0.4) is 0 Å². The molecule has 5 rings (SSSR count). The van der Waals surface area contributed by atoms with E-state index in [0.717, 1.165) is 45.8 Å². The van der Waals surface area contributed by atoms with Gasteiger partial charge >= 0.3 is 5.69 Å². The molecule has 0 radical (unpaired) electrons. The van der Waals surface area contributed by atoms with E-state index in [9.17, 15) is 4.79 Å². The van der Waals surface area contributed by atoms with Crippen LogP contribution in [0.15, 0.2) is 41.5 Å². The molecule has 0 bridgehead atoms. The van der Waals surface area contributed by atoms with Crippen molar-refractivity contribution in [3.8, 4) is 0 Å². The molecule has 0 amide bonds. The number of aryl methyl sites for hydroxylation is 2. The molecule has 1 aliphatic heterocycles. The highest BCUT2D eigenvalue weighted by Gasteiger charge is 2.28. The Morgan fingerprint density at radius 1 is 1.23 bits per heavy atom. The van der Waals surface area contributed by atoms with E-state index in [-0.39, 0.29) is 11.7 Å². The smallest absolute Gasteiger partial charge is 0.324 e. The van der Waals surface area contributed by atoms with Crippen LogP contribution in [-0.4, -0.2) is 32.2 Å². The third-order valence-electron chi connectivity index (χ3n) is 6.34. The van der Waals surface area contributed by atoms with E-state index < -0.39 is 8.07 Å². The molecule has 1 saturated heterocycles. The topological polar surface area (TPSA) is 77.6 Å². The van der Waals surface area contributed by atoms with Gasteiger partial charge in [0.15, 0.2) is 5.65 Å². The van der Waals surface area contributed by atoms with E-state index in [4.69, 9.17) is 4.98 Å². The van der Waals surface area contributed by atoms with Crippen molar-refractivity contribution in [2.45, 2.75) is 44.6 Å². The molecule has 1 N–H and O–H groups in total. The van der Waals surface area contributed by atoms with Crippen molar-refractivity contribution in [1.82, 2.24) is 24.1 Å². The molecule has 1 unspecified atom stereocenters. The standard InChI is InChI=1S/C22H26N6OSi/c1-14-10-18-15(6-5-8-23-18)11-17(14)25-21-24-12-19-20(26-21)28(22(29)27(19)2)16-7-9-30(3,4)13-16/h5-6,8,10-12,16H,7,9,13H2,1-4H3,(H,24,25,26)/q-1. The van der Waals surface area contributed by atoms with Crippen LogP contribution in [0.25, 0.3) is 22.1 Å². The van der Waals surface area contributed by atoms with Crippen LogP contribution in [0.5, 0.6) is 0 Å². The highest BCUT2D eigenvalue weighted by molar-refractivity contribution is 6.78. The largest absolute Gasteiger partial charge is 0.330 e. The van der Waals surface area contributed by atoms with Crippen LogP contribution in [-0.2, 0) is 7.05 Å². The van der Waals surface area contributed by atoms with Gasteiger partial charge in [0.25, 0.3) is 0 Å². The SMILES string of the molecule is Cc1cc2ncccc2cc1Nc1ncc2c(n1)n(C1CC[Si-](C)(C)C1)c(=O)n2C.